The molecule has 1 aromatic carbocycles. The van der Waals surface area contributed by atoms with Crippen LogP contribution in [0.5, 0.6) is 5.75 Å². The van der Waals surface area contributed by atoms with Gasteiger partial charge < -0.3 is 10.5 Å². The monoisotopic (exact) mass is 269 g/mol. The number of benzene rings is 1. The second-order valence-corrected chi connectivity index (χ2v) is 4.35. The van der Waals surface area contributed by atoms with Crippen LogP contribution in [0.1, 0.15) is 5.56 Å². The van der Waals surface area contributed by atoms with E-state index < -0.39 is 5.82 Å². The van der Waals surface area contributed by atoms with Gasteiger partial charge in [0.2, 0.25) is 0 Å². The largest absolute Gasteiger partial charge is 0.495 e. The number of hydrogen-bond donors (Lipinski definition) is 1. The third kappa shape index (κ3) is 1.80. The molecule has 0 bridgehead atoms. The van der Waals surface area contributed by atoms with E-state index in [2.05, 4.69) is 5.10 Å². The van der Waals surface area contributed by atoms with Crippen LogP contribution in [0, 0.1) is 12.7 Å². The number of methoxy groups -OCH3 is 1. The predicted octanol–water partition coefficient (Wildman–Crippen LogP) is 2.78. The molecule has 0 saturated carbocycles. The maximum absolute atomic E-state index is 13.8. The standard InChI is InChI=1S/C12H13ClFN3O/c1-6-9(14)4-8(13)11(18-3)10(6)7-5-16-17(2)12(7)15/h4-5H,15H2,1-3H3. The first-order chi connectivity index (χ1) is 8.47. The van der Waals surface area contributed by atoms with Gasteiger partial charge in [0.25, 0.3) is 0 Å². The first kappa shape index (κ1) is 12.7. The highest BCUT2D eigenvalue weighted by Crippen LogP contribution is 2.41. The van der Waals surface area contributed by atoms with Crippen LogP contribution in [0.2, 0.25) is 5.02 Å². The Bertz CT molecular complexity index is 610. The van der Waals surface area contributed by atoms with Crippen LogP contribution in [-0.4, -0.2) is 16.9 Å². The fourth-order valence-electron chi connectivity index (χ4n) is 1.86. The van der Waals surface area contributed by atoms with E-state index in [9.17, 15) is 4.39 Å². The molecule has 0 saturated heterocycles. The Morgan fingerprint density at radius 3 is 2.67 bits per heavy atom. The molecule has 0 aliphatic carbocycles. The fraction of sp³-hybridized carbons (Fsp3) is 0.250. The zero-order chi connectivity index (χ0) is 13.4. The third-order valence-electron chi connectivity index (χ3n) is 2.89. The summed E-state index contributed by atoms with van der Waals surface area (Å²) >= 11 is 5.98. The first-order valence-electron chi connectivity index (χ1n) is 5.27. The molecular formula is C12H13ClFN3O. The van der Waals surface area contributed by atoms with Crippen molar-refractivity contribution in [2.75, 3.05) is 12.8 Å². The number of aromatic nitrogens is 2. The van der Waals surface area contributed by atoms with Crippen molar-refractivity contribution in [3.63, 3.8) is 0 Å². The predicted molar refractivity (Wildman–Crippen MR) is 69.3 cm³/mol. The number of rotatable bonds is 2. The Morgan fingerprint density at radius 2 is 2.17 bits per heavy atom. The molecule has 0 spiro atoms. The minimum Gasteiger partial charge on any atom is -0.495 e. The van der Waals surface area contributed by atoms with E-state index in [0.29, 0.717) is 28.3 Å². The highest BCUT2D eigenvalue weighted by molar-refractivity contribution is 6.32. The molecule has 18 heavy (non-hydrogen) atoms. The van der Waals surface area contributed by atoms with Crippen molar-refractivity contribution in [2.45, 2.75) is 6.92 Å². The molecule has 1 aromatic heterocycles. The molecule has 6 heteroatoms. The summed E-state index contributed by atoms with van der Waals surface area (Å²) in [4.78, 5) is 0. The molecule has 0 unspecified atom stereocenters. The van der Waals surface area contributed by atoms with E-state index in [1.807, 2.05) is 0 Å². The molecular weight excluding hydrogens is 257 g/mol. The zero-order valence-corrected chi connectivity index (χ0v) is 11.0. The normalized spacial score (nSPS) is 10.7. The van der Waals surface area contributed by atoms with Gasteiger partial charge in [-0.25, -0.2) is 4.39 Å². The van der Waals surface area contributed by atoms with Crippen LogP contribution in [0.15, 0.2) is 12.3 Å². The molecule has 0 atom stereocenters. The highest BCUT2D eigenvalue weighted by atomic mass is 35.5. The number of nitrogens with two attached hydrogens (primary N) is 1. The maximum atomic E-state index is 13.8. The van der Waals surface area contributed by atoms with E-state index in [1.54, 1.807) is 20.2 Å². The third-order valence-corrected chi connectivity index (χ3v) is 3.17. The molecule has 0 aliphatic rings. The molecule has 4 nitrogen and oxygen atoms in total. The van der Waals surface area contributed by atoms with Crippen LogP contribution in [-0.2, 0) is 7.05 Å². The molecule has 1 heterocycles. The van der Waals surface area contributed by atoms with Crippen LogP contribution in [0.4, 0.5) is 10.2 Å². The number of anilines is 1. The van der Waals surface area contributed by atoms with Gasteiger partial charge in [0.15, 0.2) is 0 Å². The van der Waals surface area contributed by atoms with E-state index in [-0.39, 0.29) is 5.02 Å². The number of aryl methyl sites for hydroxylation is 1. The Labute approximate surface area is 109 Å². The van der Waals surface area contributed by atoms with Crippen molar-refractivity contribution in [3.05, 3.63) is 28.7 Å². The van der Waals surface area contributed by atoms with Crippen molar-refractivity contribution in [2.24, 2.45) is 7.05 Å². The molecule has 0 fully saturated rings. The second-order valence-electron chi connectivity index (χ2n) is 3.94. The van der Waals surface area contributed by atoms with E-state index in [1.165, 1.54) is 17.9 Å². The van der Waals surface area contributed by atoms with Gasteiger partial charge in [-0.05, 0) is 18.6 Å². The highest BCUT2D eigenvalue weighted by Gasteiger charge is 2.20. The minimum atomic E-state index is -0.404. The Morgan fingerprint density at radius 1 is 1.50 bits per heavy atom. The summed E-state index contributed by atoms with van der Waals surface area (Å²) in [6.45, 7) is 1.65. The molecule has 0 aliphatic heterocycles. The Balaban J connectivity index is 2.81. The summed E-state index contributed by atoms with van der Waals surface area (Å²) in [7, 11) is 3.19. The fourth-order valence-corrected chi connectivity index (χ4v) is 2.13. The van der Waals surface area contributed by atoms with Gasteiger partial charge in [0.05, 0.1) is 18.3 Å². The topological polar surface area (TPSA) is 53.1 Å². The smallest absolute Gasteiger partial charge is 0.145 e. The van der Waals surface area contributed by atoms with Crippen molar-refractivity contribution in [1.82, 2.24) is 9.78 Å². The molecule has 96 valence electrons. The average molecular weight is 270 g/mol. The van der Waals surface area contributed by atoms with Crippen LogP contribution < -0.4 is 10.5 Å². The van der Waals surface area contributed by atoms with Crippen molar-refractivity contribution in [3.8, 4) is 16.9 Å². The van der Waals surface area contributed by atoms with Crippen LogP contribution in [0.3, 0.4) is 0 Å². The molecule has 2 N–H and O–H groups in total. The van der Waals surface area contributed by atoms with Crippen molar-refractivity contribution < 1.29 is 9.13 Å². The van der Waals surface area contributed by atoms with Gasteiger partial charge in [-0.2, -0.15) is 5.10 Å². The van der Waals surface area contributed by atoms with Gasteiger partial charge in [-0.15, -0.1) is 0 Å². The maximum Gasteiger partial charge on any atom is 0.145 e. The van der Waals surface area contributed by atoms with Crippen LogP contribution in [0.25, 0.3) is 11.1 Å². The minimum absolute atomic E-state index is 0.207. The summed E-state index contributed by atoms with van der Waals surface area (Å²) < 4.78 is 20.5. The zero-order valence-electron chi connectivity index (χ0n) is 10.3. The number of nitrogens with zero attached hydrogens (tertiary/aromatic N) is 2. The van der Waals surface area contributed by atoms with E-state index in [4.69, 9.17) is 22.1 Å². The Hall–Kier alpha value is -1.75. The molecule has 0 amide bonds. The number of nitrogen functional groups attached to an aromatic ring is 1. The van der Waals surface area contributed by atoms with Gasteiger partial charge in [0, 0.05) is 18.2 Å². The molecule has 0 radical (unpaired) electrons. The van der Waals surface area contributed by atoms with Crippen molar-refractivity contribution in [1.29, 1.82) is 0 Å². The number of halogens is 2. The summed E-state index contributed by atoms with van der Waals surface area (Å²) in [6, 6.07) is 1.23. The summed E-state index contributed by atoms with van der Waals surface area (Å²) in [5, 5.41) is 4.25. The average Bonchev–Trinajstić information content (AvgIpc) is 2.65. The number of hydrogen-bond acceptors (Lipinski definition) is 3. The first-order valence-corrected chi connectivity index (χ1v) is 5.65. The van der Waals surface area contributed by atoms with E-state index >= 15 is 0 Å². The quantitative estimate of drug-likeness (QED) is 0.912. The molecule has 2 rings (SSSR count). The second kappa shape index (κ2) is 4.49. The van der Waals surface area contributed by atoms with Gasteiger partial charge >= 0.3 is 0 Å². The lowest BCUT2D eigenvalue weighted by Crippen LogP contribution is -2.00. The Kier molecular flexibility index (Phi) is 3.17. The number of ether oxygens (including phenoxy) is 1. The lowest BCUT2D eigenvalue weighted by molar-refractivity contribution is 0.415. The summed E-state index contributed by atoms with van der Waals surface area (Å²) in [5.41, 5.74) is 7.47. The van der Waals surface area contributed by atoms with Gasteiger partial charge in [0.1, 0.15) is 17.4 Å². The van der Waals surface area contributed by atoms with Gasteiger partial charge in [-0.3, -0.25) is 4.68 Å². The summed E-state index contributed by atoms with van der Waals surface area (Å²) in [5.74, 6) is 0.424. The van der Waals surface area contributed by atoms with Crippen LogP contribution >= 0.6 is 11.6 Å². The summed E-state index contributed by atoms with van der Waals surface area (Å²) in [6.07, 6.45) is 1.57. The lowest BCUT2D eigenvalue weighted by Gasteiger charge is -2.13. The van der Waals surface area contributed by atoms with Gasteiger partial charge in [-0.1, -0.05) is 11.6 Å². The van der Waals surface area contributed by atoms with E-state index in [0.717, 1.165) is 0 Å². The van der Waals surface area contributed by atoms with Crippen molar-refractivity contribution >= 4 is 17.4 Å². The lowest BCUT2D eigenvalue weighted by atomic mass is 10.0. The molecule has 2 aromatic rings. The SMILES string of the molecule is COc1c(Cl)cc(F)c(C)c1-c1cnn(C)c1N.